The van der Waals surface area contributed by atoms with Crippen LogP contribution in [0.2, 0.25) is 0 Å². The third-order valence-electron chi connectivity index (χ3n) is 2.93. The molecule has 16 heavy (non-hydrogen) atoms. The number of hydrogen-bond donors (Lipinski definition) is 0. The maximum Gasteiger partial charge on any atom is 0.0514 e. The van der Waals surface area contributed by atoms with Gasteiger partial charge in [-0.15, -0.1) is 6.58 Å². The minimum atomic E-state index is 1.14. The number of fused-ring (bicyclic) bond motifs is 1. The minimum absolute atomic E-state index is 1.14. The summed E-state index contributed by atoms with van der Waals surface area (Å²) in [6.07, 6.45) is 16.4. The Kier molecular flexibility index (Phi) is 2.91. The van der Waals surface area contributed by atoms with Gasteiger partial charge in [-0.25, -0.2) is 0 Å². The highest BCUT2D eigenvalue weighted by Gasteiger charge is 2.21. The molecule has 0 heteroatoms. The van der Waals surface area contributed by atoms with Crippen LogP contribution < -0.4 is 0 Å². The van der Waals surface area contributed by atoms with Crippen LogP contribution in [0, 0.1) is 5.92 Å². The molecule has 0 amide bonds. The minimum Gasteiger partial charge on any atom is -0.102 e. The maximum absolute atomic E-state index is 3.88. The first kappa shape index (κ1) is 10.7. The number of rotatable bonds is 2. The molecule has 79 valence electrons. The lowest BCUT2D eigenvalue weighted by molar-refractivity contribution is 1.18. The Labute approximate surface area is 97.4 Å². The molecule has 0 aromatic carbocycles. The van der Waals surface area contributed by atoms with Crippen molar-refractivity contribution in [3.05, 3.63) is 90.0 Å². The monoisotopic (exact) mass is 207 g/mol. The molecule has 0 nitrogen and oxygen atoms in total. The Morgan fingerprint density at radius 1 is 1.06 bits per heavy atom. The summed E-state index contributed by atoms with van der Waals surface area (Å²) >= 11 is 0. The third kappa shape index (κ3) is 1.67. The summed E-state index contributed by atoms with van der Waals surface area (Å²) < 4.78 is 0. The summed E-state index contributed by atoms with van der Waals surface area (Å²) in [6.45, 7) is 9.86. The van der Waals surface area contributed by atoms with Crippen molar-refractivity contribution in [2.75, 3.05) is 0 Å². The molecule has 0 aromatic heterocycles. The van der Waals surface area contributed by atoms with E-state index in [0.717, 1.165) is 5.57 Å². The molecule has 2 rings (SSSR count). The summed E-state index contributed by atoms with van der Waals surface area (Å²) in [5.74, 6) is 1.17. The summed E-state index contributed by atoms with van der Waals surface area (Å²) in [7, 11) is 0. The van der Waals surface area contributed by atoms with E-state index < -0.39 is 0 Å². The zero-order chi connectivity index (χ0) is 11.5. The molecular formula is C16H15. The van der Waals surface area contributed by atoms with Gasteiger partial charge in [0.05, 0.1) is 5.92 Å². The van der Waals surface area contributed by atoms with Gasteiger partial charge in [0.1, 0.15) is 0 Å². The molecular weight excluding hydrogens is 192 g/mol. The van der Waals surface area contributed by atoms with Crippen molar-refractivity contribution in [2.45, 2.75) is 6.92 Å². The quantitative estimate of drug-likeness (QED) is 0.635. The van der Waals surface area contributed by atoms with Gasteiger partial charge in [-0.1, -0.05) is 49.1 Å². The highest BCUT2D eigenvalue weighted by atomic mass is 14.2. The van der Waals surface area contributed by atoms with E-state index in [1.807, 2.05) is 18.2 Å². The van der Waals surface area contributed by atoms with Gasteiger partial charge >= 0.3 is 0 Å². The van der Waals surface area contributed by atoms with Crippen molar-refractivity contribution >= 4 is 0 Å². The molecule has 0 spiro atoms. The predicted molar refractivity (Wildman–Crippen MR) is 70.8 cm³/mol. The molecule has 0 fully saturated rings. The summed E-state index contributed by atoms with van der Waals surface area (Å²) in [4.78, 5) is 0. The fourth-order valence-electron chi connectivity index (χ4n) is 2.08. The van der Waals surface area contributed by atoms with E-state index in [-0.39, 0.29) is 0 Å². The van der Waals surface area contributed by atoms with Gasteiger partial charge in [-0.05, 0) is 35.3 Å². The summed E-state index contributed by atoms with van der Waals surface area (Å²) in [5, 5.41) is 0. The smallest absolute Gasteiger partial charge is 0.0514 e. The number of hydrogen-bond acceptors (Lipinski definition) is 0. The molecule has 0 saturated heterocycles. The molecule has 0 aliphatic heterocycles. The highest BCUT2D eigenvalue weighted by molar-refractivity contribution is 5.67. The van der Waals surface area contributed by atoms with Gasteiger partial charge in [0.15, 0.2) is 0 Å². The van der Waals surface area contributed by atoms with Crippen molar-refractivity contribution in [1.29, 1.82) is 0 Å². The Hall–Kier alpha value is -1.82. The first-order chi connectivity index (χ1) is 7.77. The fourth-order valence-corrected chi connectivity index (χ4v) is 2.08. The second-order valence-corrected chi connectivity index (χ2v) is 3.83. The Bertz CT molecular complexity index is 476. The second-order valence-electron chi connectivity index (χ2n) is 3.83. The lowest BCUT2D eigenvalue weighted by Gasteiger charge is -2.23. The van der Waals surface area contributed by atoms with E-state index in [2.05, 4.69) is 50.5 Å². The molecule has 0 heterocycles. The Morgan fingerprint density at radius 3 is 2.56 bits per heavy atom. The largest absolute Gasteiger partial charge is 0.102 e. The van der Waals surface area contributed by atoms with E-state index in [1.54, 1.807) is 0 Å². The summed E-state index contributed by atoms with van der Waals surface area (Å²) in [6, 6.07) is 0. The zero-order valence-electron chi connectivity index (χ0n) is 9.53. The van der Waals surface area contributed by atoms with E-state index in [1.165, 1.54) is 22.6 Å². The molecule has 0 saturated carbocycles. The van der Waals surface area contributed by atoms with Crippen LogP contribution >= 0.6 is 0 Å². The summed E-state index contributed by atoms with van der Waals surface area (Å²) in [5.41, 5.74) is 4.92. The topological polar surface area (TPSA) is 0 Å². The van der Waals surface area contributed by atoms with Gasteiger partial charge in [0.2, 0.25) is 0 Å². The molecule has 0 aromatic rings. The van der Waals surface area contributed by atoms with E-state index >= 15 is 0 Å². The van der Waals surface area contributed by atoms with Crippen molar-refractivity contribution in [3.63, 3.8) is 0 Å². The van der Waals surface area contributed by atoms with Crippen LogP contribution in [-0.2, 0) is 0 Å². The Balaban J connectivity index is 2.59. The first-order valence-corrected chi connectivity index (χ1v) is 5.38. The van der Waals surface area contributed by atoms with Crippen molar-refractivity contribution in [1.82, 2.24) is 0 Å². The van der Waals surface area contributed by atoms with Crippen LogP contribution in [0.1, 0.15) is 6.92 Å². The fraction of sp³-hybridized carbons (Fsp3) is 0.0625. The molecule has 0 unspecified atom stereocenters. The van der Waals surface area contributed by atoms with Gasteiger partial charge in [-0.2, -0.15) is 0 Å². The molecule has 2 aliphatic rings. The normalized spacial score (nSPS) is 19.8. The van der Waals surface area contributed by atoms with E-state index in [9.17, 15) is 0 Å². The molecule has 0 bridgehead atoms. The molecule has 2 aliphatic carbocycles. The SMILES string of the molecule is C=C[C]1C(C=C)=CC2=CC=CC=CC2=C1C. The van der Waals surface area contributed by atoms with Crippen LogP contribution in [0.15, 0.2) is 84.1 Å². The lowest BCUT2D eigenvalue weighted by Crippen LogP contribution is -2.07. The van der Waals surface area contributed by atoms with Crippen LogP contribution in [0.3, 0.4) is 0 Å². The molecule has 0 atom stereocenters. The van der Waals surface area contributed by atoms with Crippen molar-refractivity contribution in [3.8, 4) is 0 Å². The zero-order valence-corrected chi connectivity index (χ0v) is 9.53. The standard InChI is InChI=1S/C16H15/c1-4-13-11-14-9-7-6-8-10-16(14)12(3)15(13)5-2/h4-11H,1-2H2,3H3. The van der Waals surface area contributed by atoms with Crippen LogP contribution in [0.5, 0.6) is 0 Å². The van der Waals surface area contributed by atoms with Gasteiger partial charge in [0, 0.05) is 0 Å². The van der Waals surface area contributed by atoms with Gasteiger partial charge < -0.3 is 0 Å². The lowest BCUT2D eigenvalue weighted by atomic mass is 9.80. The maximum atomic E-state index is 3.88. The third-order valence-corrected chi connectivity index (χ3v) is 2.93. The van der Waals surface area contributed by atoms with Crippen LogP contribution in [-0.4, -0.2) is 0 Å². The molecule has 0 N–H and O–H groups in total. The van der Waals surface area contributed by atoms with Crippen LogP contribution in [0.4, 0.5) is 0 Å². The van der Waals surface area contributed by atoms with Gasteiger partial charge in [-0.3, -0.25) is 0 Å². The van der Waals surface area contributed by atoms with E-state index in [0.29, 0.717) is 0 Å². The van der Waals surface area contributed by atoms with E-state index in [4.69, 9.17) is 0 Å². The molecule has 1 radical (unpaired) electrons. The average molecular weight is 207 g/mol. The Morgan fingerprint density at radius 2 is 1.88 bits per heavy atom. The van der Waals surface area contributed by atoms with Crippen molar-refractivity contribution < 1.29 is 0 Å². The number of allylic oxidation sites excluding steroid dienone is 12. The average Bonchev–Trinajstić information content (AvgIpc) is 2.54. The first-order valence-electron chi connectivity index (χ1n) is 5.38. The van der Waals surface area contributed by atoms with Gasteiger partial charge in [0.25, 0.3) is 0 Å². The second kappa shape index (κ2) is 4.36. The van der Waals surface area contributed by atoms with Crippen molar-refractivity contribution in [2.24, 2.45) is 0 Å². The predicted octanol–water partition coefficient (Wildman–Crippen LogP) is 4.24. The van der Waals surface area contributed by atoms with Crippen LogP contribution in [0.25, 0.3) is 0 Å². The highest BCUT2D eigenvalue weighted by Crippen LogP contribution is 2.37.